The molecule has 1 fully saturated rings. The van der Waals surface area contributed by atoms with Crippen LogP contribution >= 0.6 is 0 Å². The number of amides is 3. The number of imide groups is 1. The lowest BCUT2D eigenvalue weighted by atomic mass is 10.1. The van der Waals surface area contributed by atoms with Gasteiger partial charge in [0, 0.05) is 19.7 Å². The third-order valence-corrected chi connectivity index (χ3v) is 3.06. The summed E-state index contributed by atoms with van der Waals surface area (Å²) in [6.45, 7) is 4.53. The summed E-state index contributed by atoms with van der Waals surface area (Å²) in [5.41, 5.74) is 0. The first kappa shape index (κ1) is 14.9. The van der Waals surface area contributed by atoms with E-state index in [0.717, 1.165) is 32.4 Å². The summed E-state index contributed by atoms with van der Waals surface area (Å²) in [6.07, 6.45) is 2.82. The minimum Gasteiger partial charge on any atom is -0.396 e. The molecule has 0 bridgehead atoms. The first-order valence-electron chi connectivity index (χ1n) is 6.56. The van der Waals surface area contributed by atoms with Crippen molar-refractivity contribution in [3.8, 4) is 0 Å². The van der Waals surface area contributed by atoms with Gasteiger partial charge in [0.05, 0.1) is 6.54 Å². The Hall–Kier alpha value is -1.14. The fraction of sp³-hybridized carbons (Fsp3) is 0.833. The Bertz CT molecular complexity index is 284. The van der Waals surface area contributed by atoms with Crippen molar-refractivity contribution in [1.29, 1.82) is 0 Å². The van der Waals surface area contributed by atoms with Crippen LogP contribution in [0.2, 0.25) is 0 Å². The SMILES string of the molecule is CCCCNC(=O)NC(=O)CN1CCC(CO)C1. The minimum absolute atomic E-state index is 0.162. The highest BCUT2D eigenvalue weighted by atomic mass is 16.3. The van der Waals surface area contributed by atoms with E-state index in [1.54, 1.807) is 0 Å². The molecule has 1 aliphatic rings. The van der Waals surface area contributed by atoms with Crippen molar-refractivity contribution in [1.82, 2.24) is 15.5 Å². The second-order valence-corrected chi connectivity index (χ2v) is 4.73. The van der Waals surface area contributed by atoms with Crippen molar-refractivity contribution in [3.05, 3.63) is 0 Å². The van der Waals surface area contributed by atoms with Gasteiger partial charge >= 0.3 is 6.03 Å². The van der Waals surface area contributed by atoms with Crippen LogP contribution in [0.4, 0.5) is 4.79 Å². The molecule has 1 atom stereocenters. The zero-order valence-electron chi connectivity index (χ0n) is 10.9. The van der Waals surface area contributed by atoms with Crippen molar-refractivity contribution in [2.45, 2.75) is 26.2 Å². The van der Waals surface area contributed by atoms with Crippen LogP contribution in [0.3, 0.4) is 0 Å². The van der Waals surface area contributed by atoms with E-state index in [-0.39, 0.29) is 25.0 Å². The van der Waals surface area contributed by atoms with E-state index in [1.165, 1.54) is 0 Å². The lowest BCUT2D eigenvalue weighted by Gasteiger charge is -2.14. The molecule has 1 unspecified atom stereocenters. The molecule has 104 valence electrons. The van der Waals surface area contributed by atoms with Crippen LogP contribution in [0.15, 0.2) is 0 Å². The Morgan fingerprint density at radius 2 is 2.22 bits per heavy atom. The number of aliphatic hydroxyl groups is 1. The van der Waals surface area contributed by atoms with Crippen molar-refractivity contribution < 1.29 is 14.7 Å². The van der Waals surface area contributed by atoms with Gasteiger partial charge in [0.1, 0.15) is 0 Å². The summed E-state index contributed by atoms with van der Waals surface area (Å²) < 4.78 is 0. The van der Waals surface area contributed by atoms with Crippen LogP contribution in [-0.2, 0) is 4.79 Å². The van der Waals surface area contributed by atoms with Gasteiger partial charge < -0.3 is 10.4 Å². The number of hydrogen-bond acceptors (Lipinski definition) is 4. The molecular formula is C12H23N3O3. The number of carbonyl (C=O) groups excluding carboxylic acids is 2. The van der Waals surface area contributed by atoms with E-state index in [2.05, 4.69) is 10.6 Å². The predicted molar refractivity (Wildman–Crippen MR) is 68.1 cm³/mol. The zero-order chi connectivity index (χ0) is 13.4. The first-order valence-corrected chi connectivity index (χ1v) is 6.56. The zero-order valence-corrected chi connectivity index (χ0v) is 10.9. The van der Waals surface area contributed by atoms with Gasteiger partial charge in [-0.05, 0) is 25.3 Å². The van der Waals surface area contributed by atoms with E-state index < -0.39 is 6.03 Å². The number of hydrogen-bond donors (Lipinski definition) is 3. The highest BCUT2D eigenvalue weighted by Gasteiger charge is 2.23. The molecule has 0 aromatic heterocycles. The van der Waals surface area contributed by atoms with Gasteiger partial charge in [-0.1, -0.05) is 13.3 Å². The summed E-state index contributed by atoms with van der Waals surface area (Å²) >= 11 is 0. The summed E-state index contributed by atoms with van der Waals surface area (Å²) in [7, 11) is 0. The molecule has 0 aromatic carbocycles. The van der Waals surface area contributed by atoms with Crippen molar-refractivity contribution in [3.63, 3.8) is 0 Å². The molecule has 3 N–H and O–H groups in total. The molecule has 0 saturated carbocycles. The Labute approximate surface area is 108 Å². The van der Waals surface area contributed by atoms with Gasteiger partial charge in [0.2, 0.25) is 5.91 Å². The third kappa shape index (κ3) is 5.46. The molecule has 1 aliphatic heterocycles. The Morgan fingerprint density at radius 1 is 1.44 bits per heavy atom. The average Bonchev–Trinajstić information content (AvgIpc) is 2.76. The van der Waals surface area contributed by atoms with E-state index in [4.69, 9.17) is 5.11 Å². The molecule has 18 heavy (non-hydrogen) atoms. The second-order valence-electron chi connectivity index (χ2n) is 4.73. The summed E-state index contributed by atoms with van der Waals surface area (Å²) in [5.74, 6) is -0.0289. The fourth-order valence-electron chi connectivity index (χ4n) is 2.00. The summed E-state index contributed by atoms with van der Waals surface area (Å²) in [6, 6.07) is -0.425. The van der Waals surface area contributed by atoms with Gasteiger partial charge in [0.25, 0.3) is 0 Å². The summed E-state index contributed by atoms with van der Waals surface area (Å²) in [4.78, 5) is 24.8. The standard InChI is InChI=1S/C12H23N3O3/c1-2-3-5-13-12(18)14-11(17)8-15-6-4-10(7-15)9-16/h10,16H,2-9H2,1H3,(H2,13,14,17,18). The van der Waals surface area contributed by atoms with Crippen LogP contribution in [0.5, 0.6) is 0 Å². The van der Waals surface area contributed by atoms with Gasteiger partial charge in [0.15, 0.2) is 0 Å². The Kier molecular flexibility index (Phi) is 6.67. The number of likely N-dealkylation sites (tertiary alicyclic amines) is 1. The van der Waals surface area contributed by atoms with Gasteiger partial charge in [-0.2, -0.15) is 0 Å². The molecule has 1 rings (SSSR count). The van der Waals surface area contributed by atoms with Crippen LogP contribution in [0, 0.1) is 5.92 Å². The van der Waals surface area contributed by atoms with Gasteiger partial charge in [-0.15, -0.1) is 0 Å². The number of unbranched alkanes of at least 4 members (excludes halogenated alkanes) is 1. The maximum absolute atomic E-state index is 11.6. The number of rotatable bonds is 6. The van der Waals surface area contributed by atoms with Crippen molar-refractivity contribution in [2.75, 3.05) is 32.8 Å². The molecular weight excluding hydrogens is 234 g/mol. The van der Waals surface area contributed by atoms with Gasteiger partial charge in [-0.3, -0.25) is 15.0 Å². The normalized spacial score (nSPS) is 19.8. The topological polar surface area (TPSA) is 81.7 Å². The van der Waals surface area contributed by atoms with Crippen LogP contribution in [-0.4, -0.2) is 54.7 Å². The number of nitrogens with one attached hydrogen (secondary N) is 2. The molecule has 0 aromatic rings. The number of carbonyl (C=O) groups is 2. The number of urea groups is 1. The van der Waals surface area contributed by atoms with E-state index in [1.807, 2.05) is 11.8 Å². The third-order valence-electron chi connectivity index (χ3n) is 3.06. The Balaban J connectivity index is 2.15. The highest BCUT2D eigenvalue weighted by Crippen LogP contribution is 2.14. The molecule has 6 heteroatoms. The Morgan fingerprint density at radius 3 is 2.83 bits per heavy atom. The highest BCUT2D eigenvalue weighted by molar-refractivity contribution is 5.95. The van der Waals surface area contributed by atoms with Gasteiger partial charge in [-0.25, -0.2) is 4.79 Å². The molecule has 0 radical (unpaired) electrons. The molecule has 0 spiro atoms. The van der Waals surface area contributed by atoms with E-state index in [0.29, 0.717) is 6.54 Å². The molecule has 1 saturated heterocycles. The summed E-state index contributed by atoms with van der Waals surface area (Å²) in [5, 5.41) is 13.9. The average molecular weight is 257 g/mol. The van der Waals surface area contributed by atoms with Crippen LogP contribution in [0.25, 0.3) is 0 Å². The smallest absolute Gasteiger partial charge is 0.321 e. The molecule has 1 heterocycles. The second kappa shape index (κ2) is 8.05. The molecule has 3 amide bonds. The number of aliphatic hydroxyl groups excluding tert-OH is 1. The van der Waals surface area contributed by atoms with Crippen LogP contribution in [0.1, 0.15) is 26.2 Å². The monoisotopic (exact) mass is 257 g/mol. The minimum atomic E-state index is -0.425. The molecule has 6 nitrogen and oxygen atoms in total. The lowest BCUT2D eigenvalue weighted by Crippen LogP contribution is -2.44. The quantitative estimate of drug-likeness (QED) is 0.582. The first-order chi connectivity index (χ1) is 8.65. The van der Waals surface area contributed by atoms with E-state index in [9.17, 15) is 9.59 Å². The molecule has 0 aliphatic carbocycles. The maximum atomic E-state index is 11.6. The largest absolute Gasteiger partial charge is 0.396 e. The van der Waals surface area contributed by atoms with Crippen LogP contribution < -0.4 is 10.6 Å². The van der Waals surface area contributed by atoms with Crippen molar-refractivity contribution >= 4 is 11.9 Å². The lowest BCUT2D eigenvalue weighted by molar-refractivity contribution is -0.121. The van der Waals surface area contributed by atoms with Crippen molar-refractivity contribution in [2.24, 2.45) is 5.92 Å². The number of nitrogens with zero attached hydrogens (tertiary/aromatic N) is 1. The van der Waals surface area contributed by atoms with E-state index >= 15 is 0 Å². The predicted octanol–water partition coefficient (Wildman–Crippen LogP) is -0.0735. The fourth-order valence-corrected chi connectivity index (χ4v) is 2.00. The maximum Gasteiger partial charge on any atom is 0.321 e.